The monoisotopic (exact) mass is 282 g/mol. The molecule has 0 unspecified atom stereocenters. The molecule has 0 bridgehead atoms. The van der Waals surface area contributed by atoms with Gasteiger partial charge in [0.1, 0.15) is 11.6 Å². The Labute approximate surface area is 117 Å². The first-order valence-electron chi connectivity index (χ1n) is 6.70. The number of ether oxygens (including phenoxy) is 2. The summed E-state index contributed by atoms with van der Waals surface area (Å²) < 4.78 is 23.1. The van der Waals surface area contributed by atoms with Gasteiger partial charge in [0, 0.05) is 6.42 Å². The third kappa shape index (κ3) is 5.82. The Hall–Kier alpha value is -1.91. The molecule has 20 heavy (non-hydrogen) atoms. The van der Waals surface area contributed by atoms with E-state index in [1.165, 1.54) is 12.1 Å². The minimum atomic E-state index is -0.464. The van der Waals surface area contributed by atoms with Crippen molar-refractivity contribution >= 4 is 12.3 Å². The van der Waals surface area contributed by atoms with E-state index in [2.05, 4.69) is 0 Å². The fraction of sp³-hybridized carbons (Fsp3) is 0.467. The second-order valence-corrected chi connectivity index (χ2v) is 4.26. The predicted octanol–water partition coefficient (Wildman–Crippen LogP) is 3.14. The van der Waals surface area contributed by atoms with Gasteiger partial charge in [-0.05, 0) is 44.4 Å². The summed E-state index contributed by atoms with van der Waals surface area (Å²) in [6.07, 6.45) is 3.31. The summed E-state index contributed by atoms with van der Waals surface area (Å²) in [5.74, 6) is -0.268. The van der Waals surface area contributed by atoms with Gasteiger partial charge in [0.15, 0.2) is 6.29 Å². The van der Waals surface area contributed by atoms with E-state index in [1.54, 1.807) is 6.92 Å². The van der Waals surface area contributed by atoms with Crippen LogP contribution in [-0.2, 0) is 9.53 Å². The molecule has 110 valence electrons. The molecule has 0 heterocycles. The molecule has 0 atom stereocenters. The van der Waals surface area contributed by atoms with E-state index < -0.39 is 5.82 Å². The highest BCUT2D eigenvalue weighted by atomic mass is 19.1. The smallest absolute Gasteiger partial charge is 0.305 e. The van der Waals surface area contributed by atoms with Crippen molar-refractivity contribution in [3.63, 3.8) is 0 Å². The van der Waals surface area contributed by atoms with Crippen LogP contribution in [0.15, 0.2) is 18.2 Å². The van der Waals surface area contributed by atoms with Gasteiger partial charge in [0.05, 0.1) is 18.8 Å². The maximum Gasteiger partial charge on any atom is 0.305 e. The van der Waals surface area contributed by atoms with Crippen molar-refractivity contribution < 1.29 is 23.5 Å². The number of carbonyl (C=O) groups is 2. The summed E-state index contributed by atoms with van der Waals surface area (Å²) in [6, 6.07) is 3.84. The molecule has 0 aliphatic heterocycles. The molecule has 0 aromatic heterocycles. The van der Waals surface area contributed by atoms with Crippen LogP contribution in [0.25, 0.3) is 0 Å². The summed E-state index contributed by atoms with van der Waals surface area (Å²) in [7, 11) is 0. The number of halogens is 1. The van der Waals surface area contributed by atoms with E-state index in [-0.39, 0.29) is 11.5 Å². The van der Waals surface area contributed by atoms with Gasteiger partial charge in [-0.3, -0.25) is 9.59 Å². The lowest BCUT2D eigenvalue weighted by Gasteiger charge is -2.08. The highest BCUT2D eigenvalue weighted by Crippen LogP contribution is 2.18. The molecule has 5 heteroatoms. The van der Waals surface area contributed by atoms with Crippen LogP contribution >= 0.6 is 0 Å². The van der Waals surface area contributed by atoms with Gasteiger partial charge in [-0.25, -0.2) is 4.39 Å². The lowest BCUT2D eigenvalue weighted by molar-refractivity contribution is -0.143. The first-order chi connectivity index (χ1) is 9.67. The second-order valence-electron chi connectivity index (χ2n) is 4.26. The average Bonchev–Trinajstić information content (AvgIpc) is 2.44. The van der Waals surface area contributed by atoms with Crippen molar-refractivity contribution in [1.29, 1.82) is 0 Å². The van der Waals surface area contributed by atoms with Crippen LogP contribution in [0, 0.1) is 5.82 Å². The molecular formula is C15H19FO4. The van der Waals surface area contributed by atoms with Crippen molar-refractivity contribution in [2.75, 3.05) is 13.2 Å². The van der Waals surface area contributed by atoms with Crippen LogP contribution in [0.2, 0.25) is 0 Å². The van der Waals surface area contributed by atoms with Crippen LogP contribution in [0.1, 0.15) is 43.0 Å². The van der Waals surface area contributed by atoms with E-state index in [0.29, 0.717) is 31.7 Å². The molecule has 1 rings (SSSR count). The standard InChI is InChI=1S/C15H19FO4/c1-2-19-15(18)6-4-3-5-9-20-14-8-7-13(16)10-12(14)11-17/h7-8,10-11H,2-6,9H2,1H3. The molecule has 0 spiro atoms. The van der Waals surface area contributed by atoms with Crippen LogP contribution in [0.3, 0.4) is 0 Å². The van der Waals surface area contributed by atoms with E-state index >= 15 is 0 Å². The zero-order valence-electron chi connectivity index (χ0n) is 11.6. The number of hydrogen-bond donors (Lipinski definition) is 0. The summed E-state index contributed by atoms with van der Waals surface area (Å²) in [5.41, 5.74) is 0.205. The van der Waals surface area contributed by atoms with Crippen molar-refractivity contribution in [2.45, 2.75) is 32.6 Å². The normalized spacial score (nSPS) is 10.1. The number of benzene rings is 1. The van der Waals surface area contributed by atoms with Gasteiger partial charge >= 0.3 is 5.97 Å². The molecule has 0 aliphatic carbocycles. The Morgan fingerprint density at radius 3 is 2.80 bits per heavy atom. The highest BCUT2D eigenvalue weighted by Gasteiger charge is 2.05. The molecule has 1 aromatic carbocycles. The van der Waals surface area contributed by atoms with Crippen molar-refractivity contribution in [2.24, 2.45) is 0 Å². The lowest BCUT2D eigenvalue weighted by atomic mass is 10.2. The average molecular weight is 282 g/mol. The number of rotatable bonds is 9. The van der Waals surface area contributed by atoms with Gasteiger partial charge in [-0.15, -0.1) is 0 Å². The van der Waals surface area contributed by atoms with E-state index in [0.717, 1.165) is 25.3 Å². The molecule has 0 radical (unpaired) electrons. The van der Waals surface area contributed by atoms with Crippen molar-refractivity contribution in [3.05, 3.63) is 29.6 Å². The third-order valence-electron chi connectivity index (χ3n) is 2.69. The first kappa shape index (κ1) is 16.1. The third-order valence-corrected chi connectivity index (χ3v) is 2.69. The van der Waals surface area contributed by atoms with E-state index in [4.69, 9.17) is 9.47 Å². The Morgan fingerprint density at radius 1 is 1.30 bits per heavy atom. The molecule has 0 amide bonds. The molecule has 0 aliphatic rings. The zero-order valence-corrected chi connectivity index (χ0v) is 11.6. The number of carbonyl (C=O) groups excluding carboxylic acids is 2. The Morgan fingerprint density at radius 2 is 2.10 bits per heavy atom. The quantitative estimate of drug-likeness (QED) is 0.396. The first-order valence-corrected chi connectivity index (χ1v) is 6.70. The van der Waals surface area contributed by atoms with Crippen LogP contribution < -0.4 is 4.74 Å². The molecule has 0 fully saturated rings. The largest absolute Gasteiger partial charge is 0.493 e. The van der Waals surface area contributed by atoms with Crippen LogP contribution in [-0.4, -0.2) is 25.5 Å². The molecular weight excluding hydrogens is 263 g/mol. The van der Waals surface area contributed by atoms with Crippen LogP contribution in [0.5, 0.6) is 5.75 Å². The maximum absolute atomic E-state index is 12.9. The molecule has 0 saturated carbocycles. The lowest BCUT2D eigenvalue weighted by Crippen LogP contribution is -2.04. The minimum absolute atomic E-state index is 0.185. The Bertz CT molecular complexity index is 445. The molecule has 1 aromatic rings. The van der Waals surface area contributed by atoms with Gasteiger partial charge < -0.3 is 9.47 Å². The molecule has 0 N–H and O–H groups in total. The van der Waals surface area contributed by atoms with Crippen molar-refractivity contribution in [1.82, 2.24) is 0 Å². The zero-order chi connectivity index (χ0) is 14.8. The topological polar surface area (TPSA) is 52.6 Å². The SMILES string of the molecule is CCOC(=O)CCCCCOc1ccc(F)cc1C=O. The number of aldehydes is 1. The molecule has 4 nitrogen and oxygen atoms in total. The summed E-state index contributed by atoms with van der Waals surface area (Å²) in [6.45, 7) is 2.61. The minimum Gasteiger partial charge on any atom is -0.493 e. The maximum atomic E-state index is 12.9. The predicted molar refractivity (Wildman–Crippen MR) is 72.4 cm³/mol. The number of hydrogen-bond acceptors (Lipinski definition) is 4. The van der Waals surface area contributed by atoms with Crippen LogP contribution in [0.4, 0.5) is 4.39 Å². The van der Waals surface area contributed by atoms with E-state index in [9.17, 15) is 14.0 Å². The molecule has 0 saturated heterocycles. The Balaban J connectivity index is 2.21. The fourth-order valence-electron chi connectivity index (χ4n) is 1.71. The summed E-state index contributed by atoms with van der Waals surface area (Å²) >= 11 is 0. The van der Waals surface area contributed by atoms with Crippen molar-refractivity contribution in [3.8, 4) is 5.75 Å². The van der Waals surface area contributed by atoms with Gasteiger partial charge in [0.25, 0.3) is 0 Å². The fourth-order valence-corrected chi connectivity index (χ4v) is 1.71. The summed E-state index contributed by atoms with van der Waals surface area (Å²) in [4.78, 5) is 21.8. The van der Waals surface area contributed by atoms with Gasteiger partial charge in [-0.2, -0.15) is 0 Å². The Kier molecular flexibility index (Phi) is 7.32. The van der Waals surface area contributed by atoms with Gasteiger partial charge in [-0.1, -0.05) is 0 Å². The van der Waals surface area contributed by atoms with E-state index in [1.807, 2.05) is 0 Å². The number of unbranched alkanes of at least 4 members (excludes halogenated alkanes) is 2. The number of esters is 1. The second kappa shape index (κ2) is 9.07. The van der Waals surface area contributed by atoms with Gasteiger partial charge in [0.2, 0.25) is 0 Å². The summed E-state index contributed by atoms with van der Waals surface area (Å²) in [5, 5.41) is 0. The highest BCUT2D eigenvalue weighted by molar-refractivity contribution is 5.79.